The first kappa shape index (κ1) is 12.9. The third-order valence-corrected chi connectivity index (χ3v) is 3.85. The molecule has 0 radical (unpaired) electrons. The highest BCUT2D eigenvalue weighted by molar-refractivity contribution is 6.35. The highest BCUT2D eigenvalue weighted by Gasteiger charge is 2.16. The maximum Gasteiger partial charge on any atom is 0.131 e. The van der Waals surface area contributed by atoms with Gasteiger partial charge in [0.15, 0.2) is 0 Å². The summed E-state index contributed by atoms with van der Waals surface area (Å²) in [4.78, 5) is 9.07. The number of hydrogen-bond acceptors (Lipinski definition) is 3. The average Bonchev–Trinajstić information content (AvgIpc) is 2.76. The zero-order valence-electron chi connectivity index (χ0n) is 11.4. The molecule has 0 aliphatic rings. The standard InChI is InChI=1S/C15H15ClN4/c1-3-12-19-14(15(17)20(12)2)10-6-7-11(16)9-5-4-8-18-13(9)10/h4-8H,3,17H2,1-2H3. The van der Waals surface area contributed by atoms with E-state index in [0.717, 1.165) is 34.4 Å². The fraction of sp³-hybridized carbons (Fsp3) is 0.200. The van der Waals surface area contributed by atoms with Crippen molar-refractivity contribution in [2.24, 2.45) is 7.05 Å². The van der Waals surface area contributed by atoms with Crippen molar-refractivity contribution in [3.05, 3.63) is 41.3 Å². The van der Waals surface area contributed by atoms with Crippen LogP contribution in [-0.4, -0.2) is 14.5 Å². The summed E-state index contributed by atoms with van der Waals surface area (Å²) in [6, 6.07) is 7.61. The molecule has 0 amide bonds. The molecule has 0 saturated heterocycles. The number of hydrogen-bond donors (Lipinski definition) is 1. The molecule has 2 aromatic heterocycles. The van der Waals surface area contributed by atoms with Gasteiger partial charge in [0.1, 0.15) is 17.3 Å². The van der Waals surface area contributed by atoms with Crippen LogP contribution in [0.4, 0.5) is 5.82 Å². The van der Waals surface area contributed by atoms with Gasteiger partial charge < -0.3 is 10.3 Å². The van der Waals surface area contributed by atoms with E-state index in [0.29, 0.717) is 10.8 Å². The van der Waals surface area contributed by atoms with E-state index in [9.17, 15) is 0 Å². The number of pyridine rings is 1. The molecule has 20 heavy (non-hydrogen) atoms. The molecule has 102 valence electrons. The third-order valence-electron chi connectivity index (χ3n) is 3.52. The van der Waals surface area contributed by atoms with Crippen LogP contribution in [0, 0.1) is 0 Å². The molecule has 0 aliphatic carbocycles. The summed E-state index contributed by atoms with van der Waals surface area (Å²) in [5, 5.41) is 1.59. The summed E-state index contributed by atoms with van der Waals surface area (Å²) in [7, 11) is 1.93. The summed E-state index contributed by atoms with van der Waals surface area (Å²) < 4.78 is 1.92. The van der Waals surface area contributed by atoms with Crippen LogP contribution in [0.5, 0.6) is 0 Å². The Bertz CT molecular complexity index is 792. The van der Waals surface area contributed by atoms with E-state index in [1.54, 1.807) is 6.20 Å². The molecular weight excluding hydrogens is 272 g/mol. The van der Waals surface area contributed by atoms with Gasteiger partial charge in [0.05, 0.1) is 10.5 Å². The predicted molar refractivity (Wildman–Crippen MR) is 82.7 cm³/mol. The number of aryl methyl sites for hydroxylation is 1. The predicted octanol–water partition coefficient (Wildman–Crippen LogP) is 3.43. The molecule has 0 unspecified atom stereocenters. The zero-order valence-corrected chi connectivity index (χ0v) is 12.1. The van der Waals surface area contributed by atoms with Crippen LogP contribution in [0.2, 0.25) is 5.02 Å². The number of nitrogen functional groups attached to an aromatic ring is 1. The number of rotatable bonds is 2. The van der Waals surface area contributed by atoms with Gasteiger partial charge in [-0.15, -0.1) is 0 Å². The number of nitrogens with two attached hydrogens (primary N) is 1. The van der Waals surface area contributed by atoms with E-state index in [1.807, 2.05) is 35.9 Å². The van der Waals surface area contributed by atoms with Crippen molar-refractivity contribution in [3.63, 3.8) is 0 Å². The van der Waals surface area contributed by atoms with Gasteiger partial charge >= 0.3 is 0 Å². The smallest absolute Gasteiger partial charge is 0.131 e. The van der Waals surface area contributed by atoms with Gasteiger partial charge in [-0.2, -0.15) is 0 Å². The Morgan fingerprint density at radius 2 is 2.10 bits per heavy atom. The fourth-order valence-corrected chi connectivity index (χ4v) is 2.62. The van der Waals surface area contributed by atoms with Crippen molar-refractivity contribution in [2.75, 3.05) is 5.73 Å². The number of fused-ring (bicyclic) bond motifs is 1. The van der Waals surface area contributed by atoms with Gasteiger partial charge in [-0.05, 0) is 24.3 Å². The monoisotopic (exact) mass is 286 g/mol. The molecule has 0 fully saturated rings. The summed E-state index contributed by atoms with van der Waals surface area (Å²) in [5.41, 5.74) is 8.69. The van der Waals surface area contributed by atoms with Crippen LogP contribution in [0.3, 0.4) is 0 Å². The van der Waals surface area contributed by atoms with Gasteiger partial charge in [-0.1, -0.05) is 18.5 Å². The summed E-state index contributed by atoms with van der Waals surface area (Å²) in [6.07, 6.45) is 2.58. The Kier molecular flexibility index (Phi) is 3.10. The largest absolute Gasteiger partial charge is 0.383 e. The lowest BCUT2D eigenvalue weighted by atomic mass is 10.1. The minimum Gasteiger partial charge on any atom is -0.383 e. The van der Waals surface area contributed by atoms with E-state index in [1.165, 1.54) is 0 Å². The van der Waals surface area contributed by atoms with E-state index >= 15 is 0 Å². The van der Waals surface area contributed by atoms with Crippen LogP contribution in [-0.2, 0) is 13.5 Å². The molecule has 1 aromatic carbocycles. The van der Waals surface area contributed by atoms with Gasteiger partial charge in [0, 0.05) is 30.6 Å². The molecule has 2 N–H and O–H groups in total. The molecular formula is C15H15ClN4. The zero-order chi connectivity index (χ0) is 14.3. The number of benzene rings is 1. The SMILES string of the molecule is CCc1nc(-c2ccc(Cl)c3cccnc23)c(N)n1C. The topological polar surface area (TPSA) is 56.7 Å². The van der Waals surface area contributed by atoms with Crippen LogP contribution < -0.4 is 5.73 Å². The Balaban J connectivity index is 2.33. The lowest BCUT2D eigenvalue weighted by Gasteiger charge is -2.06. The van der Waals surface area contributed by atoms with Gasteiger partial charge in [-0.25, -0.2) is 4.98 Å². The number of aromatic nitrogens is 3. The van der Waals surface area contributed by atoms with Crippen molar-refractivity contribution in [1.29, 1.82) is 0 Å². The molecule has 2 heterocycles. The second-order valence-electron chi connectivity index (χ2n) is 4.67. The quantitative estimate of drug-likeness (QED) is 0.785. The third kappa shape index (κ3) is 1.84. The van der Waals surface area contributed by atoms with Crippen molar-refractivity contribution in [1.82, 2.24) is 14.5 Å². The van der Waals surface area contributed by atoms with Crippen LogP contribution in [0.25, 0.3) is 22.2 Å². The minimum absolute atomic E-state index is 0.649. The second kappa shape index (κ2) is 4.80. The lowest BCUT2D eigenvalue weighted by Crippen LogP contribution is -2.00. The first-order valence-corrected chi connectivity index (χ1v) is 6.86. The summed E-state index contributed by atoms with van der Waals surface area (Å²) in [6.45, 7) is 2.06. The van der Waals surface area contributed by atoms with Crippen molar-refractivity contribution >= 4 is 28.3 Å². The number of nitrogens with zero attached hydrogens (tertiary/aromatic N) is 3. The van der Waals surface area contributed by atoms with Crippen molar-refractivity contribution < 1.29 is 0 Å². The Labute approximate surface area is 122 Å². The number of halogens is 1. The molecule has 3 rings (SSSR count). The van der Waals surface area contributed by atoms with E-state index in [4.69, 9.17) is 17.3 Å². The van der Waals surface area contributed by atoms with E-state index in [-0.39, 0.29) is 0 Å². The molecule has 3 aromatic rings. The van der Waals surface area contributed by atoms with E-state index in [2.05, 4.69) is 16.9 Å². The number of anilines is 1. The summed E-state index contributed by atoms with van der Waals surface area (Å²) in [5.74, 6) is 1.60. The highest BCUT2D eigenvalue weighted by Crippen LogP contribution is 2.34. The van der Waals surface area contributed by atoms with Gasteiger partial charge in [0.2, 0.25) is 0 Å². The average molecular weight is 287 g/mol. The molecule has 5 heteroatoms. The van der Waals surface area contributed by atoms with Gasteiger partial charge in [0.25, 0.3) is 0 Å². The normalized spacial score (nSPS) is 11.2. The molecule has 0 aliphatic heterocycles. The molecule has 0 spiro atoms. The van der Waals surface area contributed by atoms with Crippen LogP contribution in [0.15, 0.2) is 30.5 Å². The highest BCUT2D eigenvalue weighted by atomic mass is 35.5. The second-order valence-corrected chi connectivity index (χ2v) is 5.08. The molecule has 0 bridgehead atoms. The maximum atomic E-state index is 6.22. The summed E-state index contributed by atoms with van der Waals surface area (Å²) >= 11 is 6.22. The lowest BCUT2D eigenvalue weighted by molar-refractivity contribution is 0.816. The molecule has 0 saturated carbocycles. The number of imidazole rings is 1. The maximum absolute atomic E-state index is 6.22. The first-order valence-electron chi connectivity index (χ1n) is 6.48. The first-order chi connectivity index (χ1) is 9.63. The van der Waals surface area contributed by atoms with E-state index < -0.39 is 0 Å². The Morgan fingerprint density at radius 1 is 1.30 bits per heavy atom. The van der Waals surface area contributed by atoms with Crippen LogP contribution in [0.1, 0.15) is 12.7 Å². The minimum atomic E-state index is 0.649. The Hall–Kier alpha value is -2.07. The fourth-order valence-electron chi connectivity index (χ4n) is 2.40. The van der Waals surface area contributed by atoms with Crippen molar-refractivity contribution in [3.8, 4) is 11.3 Å². The van der Waals surface area contributed by atoms with Gasteiger partial charge in [-0.3, -0.25) is 4.98 Å². The molecule has 4 nitrogen and oxygen atoms in total. The van der Waals surface area contributed by atoms with Crippen LogP contribution >= 0.6 is 11.6 Å². The molecule has 0 atom stereocenters. The Morgan fingerprint density at radius 3 is 2.80 bits per heavy atom. The van der Waals surface area contributed by atoms with Crippen molar-refractivity contribution in [2.45, 2.75) is 13.3 Å².